The summed E-state index contributed by atoms with van der Waals surface area (Å²) in [4.78, 5) is 19.2. The summed E-state index contributed by atoms with van der Waals surface area (Å²) in [6, 6.07) is 14.4. The quantitative estimate of drug-likeness (QED) is 0.745. The molecule has 2 aromatic heterocycles. The molecule has 3 aromatic rings. The van der Waals surface area contributed by atoms with Crippen molar-refractivity contribution in [2.45, 2.75) is 0 Å². The van der Waals surface area contributed by atoms with E-state index >= 15 is 0 Å². The Labute approximate surface area is 114 Å². The first-order chi connectivity index (χ1) is 9.78. The lowest BCUT2D eigenvalue weighted by molar-refractivity contribution is 0.102. The summed E-state index contributed by atoms with van der Waals surface area (Å²) in [6.07, 6.45) is 1.73. The number of nitrogens with zero attached hydrogens (tertiary/aromatic N) is 2. The third kappa shape index (κ3) is 2.10. The minimum absolute atomic E-state index is 0.217. The molecule has 1 aromatic carbocycles. The number of hydrogen-bond donors (Lipinski definition) is 2. The highest BCUT2D eigenvalue weighted by atomic mass is 16.1. The zero-order valence-electron chi connectivity index (χ0n) is 10.4. The van der Waals surface area contributed by atoms with Crippen molar-refractivity contribution in [3.8, 4) is 6.07 Å². The molecule has 0 aliphatic rings. The van der Waals surface area contributed by atoms with Crippen LogP contribution in [0, 0.1) is 11.3 Å². The molecule has 0 atom stereocenters. The fourth-order valence-electron chi connectivity index (χ4n) is 1.98. The lowest BCUT2D eigenvalue weighted by Crippen LogP contribution is -2.13. The largest absolute Gasteiger partial charge is 0.359 e. The van der Waals surface area contributed by atoms with Crippen molar-refractivity contribution in [3.63, 3.8) is 0 Å². The minimum Gasteiger partial charge on any atom is -0.359 e. The van der Waals surface area contributed by atoms with Gasteiger partial charge in [-0.3, -0.25) is 4.79 Å². The van der Waals surface area contributed by atoms with Gasteiger partial charge in [-0.1, -0.05) is 24.3 Å². The van der Waals surface area contributed by atoms with Gasteiger partial charge in [-0.25, -0.2) is 4.98 Å². The predicted molar refractivity (Wildman–Crippen MR) is 75.2 cm³/mol. The Morgan fingerprint density at radius 1 is 1.20 bits per heavy atom. The van der Waals surface area contributed by atoms with Crippen LogP contribution >= 0.6 is 0 Å². The highest BCUT2D eigenvalue weighted by Crippen LogP contribution is 2.22. The molecule has 1 amide bonds. The van der Waals surface area contributed by atoms with Crippen LogP contribution in [0.1, 0.15) is 16.2 Å². The predicted octanol–water partition coefficient (Wildman–Crippen LogP) is 2.69. The third-order valence-corrected chi connectivity index (χ3v) is 2.93. The van der Waals surface area contributed by atoms with E-state index in [1.807, 2.05) is 30.3 Å². The molecule has 0 fully saturated rings. The number of para-hydroxylation sites is 1. The van der Waals surface area contributed by atoms with E-state index in [1.54, 1.807) is 24.4 Å². The van der Waals surface area contributed by atoms with Crippen molar-refractivity contribution >= 4 is 22.5 Å². The molecule has 0 saturated carbocycles. The second-order valence-electron chi connectivity index (χ2n) is 4.22. The van der Waals surface area contributed by atoms with E-state index in [4.69, 9.17) is 5.26 Å². The van der Waals surface area contributed by atoms with Crippen LogP contribution < -0.4 is 5.32 Å². The minimum atomic E-state index is -0.341. The summed E-state index contributed by atoms with van der Waals surface area (Å²) >= 11 is 0. The van der Waals surface area contributed by atoms with Gasteiger partial charge >= 0.3 is 0 Å². The highest BCUT2D eigenvalue weighted by Gasteiger charge is 2.11. The van der Waals surface area contributed by atoms with E-state index in [0.717, 1.165) is 10.9 Å². The Bertz CT molecular complexity index is 829. The first-order valence-corrected chi connectivity index (χ1v) is 6.02. The number of nitriles is 1. The maximum atomic E-state index is 12.1. The van der Waals surface area contributed by atoms with Gasteiger partial charge in [0.2, 0.25) is 0 Å². The van der Waals surface area contributed by atoms with Gasteiger partial charge < -0.3 is 10.3 Å². The number of nitrogens with one attached hydrogen (secondary N) is 2. The number of carbonyl (C=O) groups is 1. The van der Waals surface area contributed by atoms with Crippen LogP contribution in [0.25, 0.3) is 10.9 Å². The number of benzene rings is 1. The van der Waals surface area contributed by atoms with E-state index < -0.39 is 0 Å². The summed E-state index contributed by atoms with van der Waals surface area (Å²) in [5.41, 5.74) is 2.07. The van der Waals surface area contributed by atoms with Crippen molar-refractivity contribution < 1.29 is 4.79 Å². The molecule has 0 saturated heterocycles. The van der Waals surface area contributed by atoms with Crippen molar-refractivity contribution in [3.05, 3.63) is 60.0 Å². The Kier molecular flexibility index (Phi) is 2.90. The number of H-pyrrole nitrogens is 1. The van der Waals surface area contributed by atoms with Gasteiger partial charge in [-0.05, 0) is 18.2 Å². The molecule has 0 unspecified atom stereocenters. The zero-order chi connectivity index (χ0) is 13.9. The Morgan fingerprint density at radius 2 is 2.05 bits per heavy atom. The number of hydrogen-bond acceptors (Lipinski definition) is 3. The van der Waals surface area contributed by atoms with Gasteiger partial charge in [0.05, 0.1) is 5.69 Å². The second kappa shape index (κ2) is 4.86. The van der Waals surface area contributed by atoms with Crippen LogP contribution in [0.4, 0.5) is 5.69 Å². The van der Waals surface area contributed by atoms with E-state index in [0.29, 0.717) is 5.69 Å². The molecule has 0 aliphatic carbocycles. The summed E-state index contributed by atoms with van der Waals surface area (Å²) in [5.74, 6) is -0.341. The first-order valence-electron chi connectivity index (χ1n) is 6.02. The summed E-state index contributed by atoms with van der Waals surface area (Å²) in [6.45, 7) is 0. The van der Waals surface area contributed by atoms with Crippen LogP contribution in [-0.2, 0) is 0 Å². The van der Waals surface area contributed by atoms with E-state index in [9.17, 15) is 4.79 Å². The van der Waals surface area contributed by atoms with E-state index in [1.165, 1.54) is 0 Å². The van der Waals surface area contributed by atoms with E-state index in [2.05, 4.69) is 15.3 Å². The average molecular weight is 262 g/mol. The SMILES string of the molecule is N#Cc1cccc(C(=O)Nc2c[nH]c3ccccc23)n1. The van der Waals surface area contributed by atoms with Crippen molar-refractivity contribution in [2.24, 2.45) is 0 Å². The molecule has 0 radical (unpaired) electrons. The molecule has 3 rings (SSSR count). The van der Waals surface area contributed by atoms with Crippen LogP contribution in [0.5, 0.6) is 0 Å². The fraction of sp³-hybridized carbons (Fsp3) is 0. The van der Waals surface area contributed by atoms with Crippen LogP contribution in [0.15, 0.2) is 48.7 Å². The normalized spacial score (nSPS) is 10.2. The van der Waals surface area contributed by atoms with Gasteiger partial charge in [0.15, 0.2) is 0 Å². The average Bonchev–Trinajstić information content (AvgIpc) is 2.90. The van der Waals surface area contributed by atoms with Gasteiger partial charge in [-0.2, -0.15) is 5.26 Å². The summed E-state index contributed by atoms with van der Waals surface area (Å²) in [5, 5.41) is 12.5. The number of carbonyl (C=O) groups excluding carboxylic acids is 1. The molecule has 2 heterocycles. The molecule has 5 heteroatoms. The summed E-state index contributed by atoms with van der Waals surface area (Å²) in [7, 11) is 0. The standard InChI is InChI=1S/C15H10N4O/c16-8-10-4-3-7-13(18-10)15(20)19-14-9-17-12-6-2-1-5-11(12)14/h1-7,9,17H,(H,19,20). The zero-order valence-corrected chi connectivity index (χ0v) is 10.4. The lowest BCUT2D eigenvalue weighted by atomic mass is 10.2. The summed E-state index contributed by atoms with van der Waals surface area (Å²) < 4.78 is 0. The molecule has 0 bridgehead atoms. The van der Waals surface area contributed by atoms with Crippen molar-refractivity contribution in [1.29, 1.82) is 5.26 Å². The topological polar surface area (TPSA) is 81.6 Å². The number of amides is 1. The fourth-order valence-corrected chi connectivity index (χ4v) is 1.98. The Morgan fingerprint density at radius 3 is 2.90 bits per heavy atom. The van der Waals surface area contributed by atoms with Gasteiger partial charge in [-0.15, -0.1) is 0 Å². The highest BCUT2D eigenvalue weighted by molar-refractivity contribution is 6.08. The number of aromatic nitrogens is 2. The van der Waals surface area contributed by atoms with Crippen LogP contribution in [0.2, 0.25) is 0 Å². The third-order valence-electron chi connectivity index (χ3n) is 2.93. The molecular formula is C15H10N4O. The molecule has 96 valence electrons. The number of rotatable bonds is 2. The lowest BCUT2D eigenvalue weighted by Gasteiger charge is -2.03. The van der Waals surface area contributed by atoms with Gasteiger partial charge in [0.1, 0.15) is 17.5 Å². The Balaban J connectivity index is 1.91. The molecule has 0 aliphatic heterocycles. The second-order valence-corrected chi connectivity index (χ2v) is 4.22. The van der Waals surface area contributed by atoms with E-state index in [-0.39, 0.29) is 17.3 Å². The maximum Gasteiger partial charge on any atom is 0.274 e. The number of fused-ring (bicyclic) bond motifs is 1. The first kappa shape index (κ1) is 11.9. The van der Waals surface area contributed by atoms with Crippen LogP contribution in [-0.4, -0.2) is 15.9 Å². The molecule has 5 nitrogen and oxygen atoms in total. The number of anilines is 1. The maximum absolute atomic E-state index is 12.1. The number of aromatic amines is 1. The monoisotopic (exact) mass is 262 g/mol. The van der Waals surface area contributed by atoms with Crippen LogP contribution in [0.3, 0.4) is 0 Å². The molecule has 0 spiro atoms. The Hall–Kier alpha value is -3.13. The van der Waals surface area contributed by atoms with Crippen molar-refractivity contribution in [2.75, 3.05) is 5.32 Å². The smallest absolute Gasteiger partial charge is 0.274 e. The molecule has 20 heavy (non-hydrogen) atoms. The number of pyridine rings is 1. The molecule has 2 N–H and O–H groups in total. The van der Waals surface area contributed by atoms with Gasteiger partial charge in [0, 0.05) is 17.1 Å². The van der Waals surface area contributed by atoms with Crippen molar-refractivity contribution in [1.82, 2.24) is 9.97 Å². The molecular weight excluding hydrogens is 252 g/mol. The van der Waals surface area contributed by atoms with Gasteiger partial charge in [0.25, 0.3) is 5.91 Å².